The molecular weight excluding hydrogens is 296 g/mol. The Morgan fingerprint density at radius 1 is 1.43 bits per heavy atom. The van der Waals surface area contributed by atoms with Crippen LogP contribution in [0.3, 0.4) is 0 Å². The van der Waals surface area contributed by atoms with Crippen molar-refractivity contribution < 1.29 is 19.4 Å². The number of carboxylic acid groups (broad SMARTS) is 1. The summed E-state index contributed by atoms with van der Waals surface area (Å²) in [7, 11) is 1.59. The number of benzene rings is 1. The van der Waals surface area contributed by atoms with Crippen LogP contribution >= 0.6 is 0 Å². The molecule has 1 saturated heterocycles. The number of carboxylic acids is 1. The number of rotatable bonds is 6. The first kappa shape index (κ1) is 17.3. The Labute approximate surface area is 136 Å². The molecule has 1 aliphatic heterocycles. The number of methoxy groups -OCH3 is 1. The second-order valence-corrected chi connectivity index (χ2v) is 6.14. The highest BCUT2D eigenvalue weighted by atomic mass is 16.5. The second kappa shape index (κ2) is 7.00. The van der Waals surface area contributed by atoms with E-state index in [2.05, 4.69) is 5.32 Å². The Hall–Kier alpha value is -2.08. The summed E-state index contributed by atoms with van der Waals surface area (Å²) < 4.78 is 5.31. The van der Waals surface area contributed by atoms with E-state index in [4.69, 9.17) is 4.74 Å². The van der Waals surface area contributed by atoms with Gasteiger partial charge in [0.1, 0.15) is 11.3 Å². The molecule has 1 heterocycles. The van der Waals surface area contributed by atoms with E-state index in [-0.39, 0.29) is 18.5 Å². The van der Waals surface area contributed by atoms with E-state index in [0.717, 1.165) is 17.7 Å². The van der Waals surface area contributed by atoms with Crippen LogP contribution in [0.2, 0.25) is 0 Å². The van der Waals surface area contributed by atoms with E-state index in [0.29, 0.717) is 13.0 Å². The third kappa shape index (κ3) is 3.64. The van der Waals surface area contributed by atoms with Crippen LogP contribution in [0.4, 0.5) is 0 Å². The lowest BCUT2D eigenvalue weighted by atomic mass is 9.99. The number of ether oxygens (including phenoxy) is 1. The molecule has 0 saturated carbocycles. The Bertz CT molecular complexity index is 590. The van der Waals surface area contributed by atoms with Gasteiger partial charge in [-0.15, -0.1) is 0 Å². The van der Waals surface area contributed by atoms with Crippen LogP contribution in [0.1, 0.15) is 38.3 Å². The van der Waals surface area contributed by atoms with Gasteiger partial charge in [0.15, 0.2) is 0 Å². The van der Waals surface area contributed by atoms with E-state index in [1.54, 1.807) is 18.9 Å². The summed E-state index contributed by atoms with van der Waals surface area (Å²) >= 11 is 0. The minimum absolute atomic E-state index is 0.0856. The van der Waals surface area contributed by atoms with Gasteiger partial charge in [0.05, 0.1) is 19.7 Å². The molecule has 23 heavy (non-hydrogen) atoms. The van der Waals surface area contributed by atoms with Crippen molar-refractivity contribution in [2.45, 2.75) is 38.3 Å². The number of carbonyl (C=O) groups is 2. The van der Waals surface area contributed by atoms with E-state index in [9.17, 15) is 14.7 Å². The van der Waals surface area contributed by atoms with Crippen molar-refractivity contribution >= 4 is 11.9 Å². The SMILES string of the molecule is COc1ccccc1C(C)NC(=O)CN1CCCC1(C)C(=O)O. The van der Waals surface area contributed by atoms with E-state index >= 15 is 0 Å². The minimum Gasteiger partial charge on any atom is -0.496 e. The maximum atomic E-state index is 12.3. The van der Waals surface area contributed by atoms with Crippen molar-refractivity contribution in [2.24, 2.45) is 0 Å². The normalized spacial score (nSPS) is 22.6. The molecule has 0 aliphatic carbocycles. The predicted molar refractivity (Wildman–Crippen MR) is 86.4 cm³/mol. The Morgan fingerprint density at radius 3 is 2.78 bits per heavy atom. The fourth-order valence-electron chi connectivity index (χ4n) is 3.08. The number of hydrogen-bond acceptors (Lipinski definition) is 4. The zero-order valence-corrected chi connectivity index (χ0v) is 13.8. The highest BCUT2D eigenvalue weighted by molar-refractivity contribution is 5.82. The van der Waals surface area contributed by atoms with Gasteiger partial charge in [-0.25, -0.2) is 0 Å². The lowest BCUT2D eigenvalue weighted by Crippen LogP contribution is -2.51. The third-order valence-electron chi connectivity index (χ3n) is 4.57. The third-order valence-corrected chi connectivity index (χ3v) is 4.57. The molecule has 2 rings (SSSR count). The van der Waals surface area contributed by atoms with E-state index in [1.807, 2.05) is 31.2 Å². The fraction of sp³-hybridized carbons (Fsp3) is 0.529. The largest absolute Gasteiger partial charge is 0.496 e. The molecule has 1 aromatic rings. The molecule has 0 aromatic heterocycles. The average Bonchev–Trinajstić information content (AvgIpc) is 2.89. The molecule has 126 valence electrons. The van der Waals surface area contributed by atoms with Gasteiger partial charge in [0.25, 0.3) is 0 Å². The summed E-state index contributed by atoms with van der Waals surface area (Å²) in [6, 6.07) is 7.31. The Morgan fingerprint density at radius 2 is 2.13 bits per heavy atom. The number of carbonyl (C=O) groups excluding carboxylic acids is 1. The van der Waals surface area contributed by atoms with Crippen molar-refractivity contribution in [3.05, 3.63) is 29.8 Å². The molecular formula is C17H24N2O4. The summed E-state index contributed by atoms with van der Waals surface area (Å²) in [5.41, 5.74) is -0.0591. The molecule has 0 bridgehead atoms. The van der Waals surface area contributed by atoms with Gasteiger partial charge >= 0.3 is 5.97 Å². The molecule has 0 spiro atoms. The maximum Gasteiger partial charge on any atom is 0.323 e. The number of para-hydroxylation sites is 1. The van der Waals surface area contributed by atoms with Crippen molar-refractivity contribution in [3.8, 4) is 5.75 Å². The highest BCUT2D eigenvalue weighted by Gasteiger charge is 2.43. The van der Waals surface area contributed by atoms with Crippen LogP contribution in [0.15, 0.2) is 24.3 Å². The van der Waals surface area contributed by atoms with Gasteiger partial charge in [-0.3, -0.25) is 14.5 Å². The summed E-state index contributed by atoms with van der Waals surface area (Å²) in [4.78, 5) is 25.5. The zero-order chi connectivity index (χ0) is 17.0. The van der Waals surface area contributed by atoms with E-state index in [1.165, 1.54) is 0 Å². The van der Waals surface area contributed by atoms with Crippen molar-refractivity contribution in [3.63, 3.8) is 0 Å². The first-order chi connectivity index (χ1) is 10.9. The molecule has 1 aromatic carbocycles. The fourth-order valence-corrected chi connectivity index (χ4v) is 3.08. The molecule has 6 heteroatoms. The summed E-state index contributed by atoms with van der Waals surface area (Å²) in [5.74, 6) is -0.338. The molecule has 6 nitrogen and oxygen atoms in total. The van der Waals surface area contributed by atoms with Gasteiger partial charge in [0.2, 0.25) is 5.91 Å². The highest BCUT2D eigenvalue weighted by Crippen LogP contribution is 2.29. The van der Waals surface area contributed by atoms with Gasteiger partial charge in [-0.2, -0.15) is 0 Å². The second-order valence-electron chi connectivity index (χ2n) is 6.14. The van der Waals surface area contributed by atoms with Crippen LogP contribution < -0.4 is 10.1 Å². The monoisotopic (exact) mass is 320 g/mol. The quantitative estimate of drug-likeness (QED) is 0.836. The van der Waals surface area contributed by atoms with Crippen LogP contribution in [0, 0.1) is 0 Å². The van der Waals surface area contributed by atoms with Crippen LogP contribution in [-0.2, 0) is 9.59 Å². The molecule has 2 unspecified atom stereocenters. The van der Waals surface area contributed by atoms with Gasteiger partial charge in [-0.1, -0.05) is 18.2 Å². The first-order valence-corrected chi connectivity index (χ1v) is 7.79. The van der Waals surface area contributed by atoms with Crippen LogP contribution in [-0.4, -0.2) is 47.6 Å². The average molecular weight is 320 g/mol. The minimum atomic E-state index is -0.953. The van der Waals surface area contributed by atoms with Gasteiger partial charge in [0, 0.05) is 5.56 Å². The van der Waals surface area contributed by atoms with Gasteiger partial charge < -0.3 is 15.2 Å². The maximum absolute atomic E-state index is 12.3. The summed E-state index contributed by atoms with van der Waals surface area (Å²) in [5, 5.41) is 12.3. The van der Waals surface area contributed by atoms with Crippen molar-refractivity contribution in [1.82, 2.24) is 10.2 Å². The molecule has 0 radical (unpaired) electrons. The van der Waals surface area contributed by atoms with Crippen LogP contribution in [0.5, 0.6) is 5.75 Å². The Kier molecular flexibility index (Phi) is 5.26. The molecule has 2 atom stereocenters. The van der Waals surface area contributed by atoms with Crippen molar-refractivity contribution in [1.29, 1.82) is 0 Å². The van der Waals surface area contributed by atoms with E-state index < -0.39 is 11.5 Å². The van der Waals surface area contributed by atoms with Crippen molar-refractivity contribution in [2.75, 3.05) is 20.2 Å². The lowest BCUT2D eigenvalue weighted by Gasteiger charge is -2.30. The summed E-state index contributed by atoms with van der Waals surface area (Å²) in [6.45, 7) is 4.27. The molecule has 2 N–H and O–H groups in total. The number of aliphatic carboxylic acids is 1. The van der Waals surface area contributed by atoms with Crippen LogP contribution in [0.25, 0.3) is 0 Å². The standard InChI is InChI=1S/C17H24N2O4/c1-12(13-7-4-5-8-14(13)23-3)18-15(20)11-19-10-6-9-17(19,2)16(21)22/h4-5,7-8,12H,6,9-11H2,1-3H3,(H,18,20)(H,21,22). The topological polar surface area (TPSA) is 78.9 Å². The van der Waals surface area contributed by atoms with Gasteiger partial charge in [-0.05, 0) is 39.3 Å². The number of hydrogen-bond donors (Lipinski definition) is 2. The number of amides is 1. The molecule has 1 amide bonds. The summed E-state index contributed by atoms with van der Waals surface area (Å²) in [6.07, 6.45) is 1.36. The molecule has 1 aliphatic rings. The molecule has 1 fully saturated rings. The predicted octanol–water partition coefficient (Wildman–Crippen LogP) is 1.81. The number of nitrogens with zero attached hydrogens (tertiary/aromatic N) is 1. The Balaban J connectivity index is 2.01. The zero-order valence-electron chi connectivity index (χ0n) is 13.8. The lowest BCUT2D eigenvalue weighted by molar-refractivity contribution is -0.149. The number of nitrogens with one attached hydrogen (secondary N) is 1. The number of likely N-dealkylation sites (tertiary alicyclic amines) is 1. The first-order valence-electron chi connectivity index (χ1n) is 7.79. The smallest absolute Gasteiger partial charge is 0.323 e.